The Labute approximate surface area is 190 Å². The number of thioether (sulfide) groups is 1. The molecule has 0 radical (unpaired) electrons. The highest BCUT2D eigenvalue weighted by atomic mass is 32.2. The number of amides is 1. The van der Waals surface area contributed by atoms with Crippen LogP contribution in [-0.4, -0.2) is 58.7 Å². The summed E-state index contributed by atoms with van der Waals surface area (Å²) >= 11 is 8.73. The minimum absolute atomic E-state index is 0.0952. The third kappa shape index (κ3) is 5.18. The first-order valence-electron chi connectivity index (χ1n) is 9.95. The maximum absolute atomic E-state index is 12.9. The van der Waals surface area contributed by atoms with Gasteiger partial charge >= 0.3 is 0 Å². The summed E-state index contributed by atoms with van der Waals surface area (Å²) in [6.07, 6.45) is 1.01. The van der Waals surface area contributed by atoms with E-state index in [-0.39, 0.29) is 5.91 Å². The molecule has 0 N–H and O–H groups in total. The zero-order valence-electron chi connectivity index (χ0n) is 16.9. The highest BCUT2D eigenvalue weighted by Gasteiger charge is 2.19. The number of likely N-dealkylation sites (N-methyl/N-ethyl adjacent to an activating group) is 1. The van der Waals surface area contributed by atoms with E-state index >= 15 is 0 Å². The van der Waals surface area contributed by atoms with E-state index in [4.69, 9.17) is 12.2 Å². The molecule has 0 bridgehead atoms. The van der Waals surface area contributed by atoms with Crippen LogP contribution in [0, 0.1) is 3.95 Å². The molecular formula is C22H24N4OS3. The molecule has 3 aromatic rings. The smallest absolute Gasteiger partial charge is 0.253 e. The van der Waals surface area contributed by atoms with Crippen molar-refractivity contribution in [2.24, 2.45) is 0 Å². The zero-order valence-corrected chi connectivity index (χ0v) is 19.3. The lowest BCUT2D eigenvalue weighted by Crippen LogP contribution is -2.34. The molecule has 2 aromatic carbocycles. The van der Waals surface area contributed by atoms with Gasteiger partial charge in [-0.3, -0.25) is 4.79 Å². The van der Waals surface area contributed by atoms with Crippen molar-refractivity contribution >= 4 is 41.2 Å². The van der Waals surface area contributed by atoms with Gasteiger partial charge in [0.1, 0.15) is 0 Å². The molecule has 156 valence electrons. The molecule has 1 amide bonds. The fraction of sp³-hybridized carbons (Fsp3) is 0.318. The van der Waals surface area contributed by atoms with Gasteiger partial charge < -0.3 is 9.80 Å². The van der Waals surface area contributed by atoms with E-state index in [1.165, 1.54) is 16.9 Å². The van der Waals surface area contributed by atoms with E-state index in [0.29, 0.717) is 9.52 Å². The van der Waals surface area contributed by atoms with Gasteiger partial charge in [0.25, 0.3) is 5.91 Å². The molecule has 1 aliphatic rings. The number of carbonyl (C=O) groups excluding carboxylic acids is 1. The maximum atomic E-state index is 12.9. The number of benzene rings is 2. The van der Waals surface area contributed by atoms with Crippen molar-refractivity contribution in [3.63, 3.8) is 0 Å². The molecule has 1 saturated heterocycles. The number of rotatable bonds is 5. The lowest BCUT2D eigenvalue weighted by atomic mass is 10.1. The zero-order chi connectivity index (χ0) is 20.9. The minimum atomic E-state index is 0.0952. The predicted octanol–water partition coefficient (Wildman–Crippen LogP) is 4.73. The van der Waals surface area contributed by atoms with Crippen LogP contribution in [-0.2, 0) is 5.75 Å². The lowest BCUT2D eigenvalue weighted by molar-refractivity contribution is 0.0763. The highest BCUT2D eigenvalue weighted by Crippen LogP contribution is 2.27. The van der Waals surface area contributed by atoms with E-state index in [0.717, 1.165) is 48.4 Å². The van der Waals surface area contributed by atoms with Gasteiger partial charge in [-0.2, -0.15) is 0 Å². The molecule has 0 spiro atoms. The molecule has 5 nitrogen and oxygen atoms in total. The van der Waals surface area contributed by atoms with Gasteiger partial charge in [-0.1, -0.05) is 53.4 Å². The SMILES string of the molecule is CN1CCCN(C(=O)c2ccc(-n3nc(SCc4ccccc4)sc3=S)cc2)CC1. The van der Waals surface area contributed by atoms with Gasteiger partial charge in [0.2, 0.25) is 0 Å². The molecule has 0 unspecified atom stereocenters. The molecule has 0 atom stereocenters. The van der Waals surface area contributed by atoms with Gasteiger partial charge in [0, 0.05) is 31.0 Å². The Morgan fingerprint density at radius 3 is 2.60 bits per heavy atom. The van der Waals surface area contributed by atoms with Crippen molar-refractivity contribution in [1.82, 2.24) is 19.6 Å². The van der Waals surface area contributed by atoms with Crippen LogP contribution >= 0.6 is 35.3 Å². The van der Waals surface area contributed by atoms with Crippen molar-refractivity contribution in [3.05, 3.63) is 69.7 Å². The van der Waals surface area contributed by atoms with Crippen molar-refractivity contribution in [3.8, 4) is 5.69 Å². The van der Waals surface area contributed by atoms with Crippen molar-refractivity contribution < 1.29 is 4.79 Å². The Morgan fingerprint density at radius 2 is 1.83 bits per heavy atom. The summed E-state index contributed by atoms with van der Waals surface area (Å²) in [5.74, 6) is 0.958. The van der Waals surface area contributed by atoms with E-state index < -0.39 is 0 Å². The second-order valence-electron chi connectivity index (χ2n) is 7.32. The predicted molar refractivity (Wildman–Crippen MR) is 126 cm³/mol. The standard InChI is InChI=1S/C22H24N4OS3/c1-24-12-5-13-25(15-14-24)20(27)18-8-10-19(11-9-18)26-22(28)30-21(23-26)29-16-17-6-3-2-4-7-17/h2-4,6-11H,5,12-16H2,1H3. The molecule has 1 fully saturated rings. The quantitative estimate of drug-likeness (QED) is 0.410. The Bertz CT molecular complexity index is 1050. The third-order valence-electron chi connectivity index (χ3n) is 5.10. The van der Waals surface area contributed by atoms with Crippen LogP contribution < -0.4 is 0 Å². The average molecular weight is 457 g/mol. The van der Waals surface area contributed by atoms with E-state index in [9.17, 15) is 4.79 Å². The Morgan fingerprint density at radius 1 is 1.07 bits per heavy atom. The summed E-state index contributed by atoms with van der Waals surface area (Å²) in [6, 6.07) is 18.0. The van der Waals surface area contributed by atoms with Crippen LogP contribution in [0.5, 0.6) is 0 Å². The maximum Gasteiger partial charge on any atom is 0.253 e. The van der Waals surface area contributed by atoms with Gasteiger partial charge in [-0.15, -0.1) is 5.10 Å². The van der Waals surface area contributed by atoms with E-state index in [1.807, 2.05) is 47.4 Å². The fourth-order valence-corrected chi connectivity index (χ4v) is 5.70. The second kappa shape index (κ2) is 9.87. The molecular weight excluding hydrogens is 432 g/mol. The Balaban J connectivity index is 1.44. The Kier molecular flexibility index (Phi) is 6.99. The first-order valence-corrected chi connectivity index (χ1v) is 12.2. The first kappa shape index (κ1) is 21.2. The number of carbonyl (C=O) groups is 1. The number of hydrogen-bond acceptors (Lipinski definition) is 6. The van der Waals surface area contributed by atoms with Crippen LogP contribution in [0.15, 0.2) is 58.9 Å². The summed E-state index contributed by atoms with van der Waals surface area (Å²) in [5.41, 5.74) is 2.86. The summed E-state index contributed by atoms with van der Waals surface area (Å²) < 4.78 is 3.43. The summed E-state index contributed by atoms with van der Waals surface area (Å²) in [5, 5.41) is 4.67. The van der Waals surface area contributed by atoms with Crippen LogP contribution in [0.3, 0.4) is 0 Å². The van der Waals surface area contributed by atoms with Crippen LogP contribution in [0.1, 0.15) is 22.3 Å². The van der Waals surface area contributed by atoms with Crippen molar-refractivity contribution in [2.45, 2.75) is 16.5 Å². The second-order valence-corrected chi connectivity index (χ2v) is 10.2. The summed E-state index contributed by atoms with van der Waals surface area (Å²) in [7, 11) is 2.10. The summed E-state index contributed by atoms with van der Waals surface area (Å²) in [4.78, 5) is 17.1. The topological polar surface area (TPSA) is 41.4 Å². The molecule has 1 aromatic heterocycles. The van der Waals surface area contributed by atoms with E-state index in [2.05, 4.69) is 29.2 Å². The fourth-order valence-electron chi connectivity index (χ4n) is 3.38. The van der Waals surface area contributed by atoms with Crippen LogP contribution in [0.4, 0.5) is 0 Å². The molecule has 0 aliphatic carbocycles. The number of aromatic nitrogens is 2. The van der Waals surface area contributed by atoms with Gasteiger partial charge in [-0.25, -0.2) is 4.68 Å². The monoisotopic (exact) mass is 456 g/mol. The van der Waals surface area contributed by atoms with E-state index in [1.54, 1.807) is 16.4 Å². The third-order valence-corrected chi connectivity index (χ3v) is 7.54. The Hall–Kier alpha value is -2.00. The summed E-state index contributed by atoms with van der Waals surface area (Å²) in [6.45, 7) is 3.54. The molecule has 4 rings (SSSR count). The van der Waals surface area contributed by atoms with Crippen LogP contribution in [0.2, 0.25) is 0 Å². The molecule has 1 aliphatic heterocycles. The average Bonchev–Trinajstić information content (AvgIpc) is 3.01. The number of hydrogen-bond donors (Lipinski definition) is 0. The normalized spacial score (nSPS) is 15.2. The largest absolute Gasteiger partial charge is 0.337 e. The van der Waals surface area contributed by atoms with Crippen LogP contribution in [0.25, 0.3) is 5.69 Å². The highest BCUT2D eigenvalue weighted by molar-refractivity contribution is 8.00. The van der Waals surface area contributed by atoms with Gasteiger partial charge in [-0.05, 0) is 62.1 Å². The lowest BCUT2D eigenvalue weighted by Gasteiger charge is -2.20. The van der Waals surface area contributed by atoms with Crippen molar-refractivity contribution in [2.75, 3.05) is 33.2 Å². The first-order chi connectivity index (χ1) is 14.6. The van der Waals surface area contributed by atoms with Gasteiger partial charge in [0.05, 0.1) is 5.69 Å². The molecule has 2 heterocycles. The number of nitrogens with zero attached hydrogens (tertiary/aromatic N) is 4. The molecule has 30 heavy (non-hydrogen) atoms. The molecule has 8 heteroatoms. The minimum Gasteiger partial charge on any atom is -0.337 e. The molecule has 0 saturated carbocycles. The van der Waals surface area contributed by atoms with Gasteiger partial charge in [0.15, 0.2) is 8.29 Å². The van der Waals surface area contributed by atoms with Crippen molar-refractivity contribution in [1.29, 1.82) is 0 Å².